The van der Waals surface area contributed by atoms with Crippen LogP contribution in [0, 0.1) is 13.8 Å². The summed E-state index contributed by atoms with van der Waals surface area (Å²) in [4.78, 5) is 21.3. The van der Waals surface area contributed by atoms with Crippen molar-refractivity contribution in [3.8, 4) is 11.4 Å². The van der Waals surface area contributed by atoms with Gasteiger partial charge >= 0.3 is 0 Å². The number of amides is 1. The van der Waals surface area contributed by atoms with E-state index in [2.05, 4.69) is 83.0 Å². The van der Waals surface area contributed by atoms with Crippen molar-refractivity contribution in [3.63, 3.8) is 0 Å². The molecule has 8 nitrogen and oxygen atoms in total. The Morgan fingerprint density at radius 1 is 1.02 bits per heavy atom. The zero-order valence-corrected chi connectivity index (χ0v) is 26.5. The average molecular weight is 597 g/mol. The number of thiocarbonyl (C=S) groups is 1. The zero-order chi connectivity index (χ0) is 30.7. The van der Waals surface area contributed by atoms with Crippen LogP contribution in [0.2, 0.25) is 0 Å². The summed E-state index contributed by atoms with van der Waals surface area (Å²) in [5, 5.41) is 7.08. The molecule has 224 valence electrons. The molecule has 1 saturated heterocycles. The van der Waals surface area contributed by atoms with Crippen molar-refractivity contribution in [1.82, 2.24) is 14.9 Å². The first kappa shape index (κ1) is 30.1. The summed E-state index contributed by atoms with van der Waals surface area (Å²) in [6, 6.07) is 22.4. The molecule has 2 aromatic heterocycles. The fourth-order valence-corrected chi connectivity index (χ4v) is 6.35. The quantitative estimate of drug-likeness (QED) is 0.194. The highest BCUT2D eigenvalue weighted by atomic mass is 32.1. The molecule has 1 aliphatic heterocycles. The molecule has 0 aliphatic carbocycles. The number of pyridine rings is 1. The first-order chi connectivity index (χ1) is 20.8. The Balaban J connectivity index is 1.60. The molecular weight excluding hydrogens is 556 g/mol. The van der Waals surface area contributed by atoms with Crippen LogP contribution in [0.3, 0.4) is 0 Å². The van der Waals surface area contributed by atoms with E-state index in [0.29, 0.717) is 23.0 Å². The van der Waals surface area contributed by atoms with Crippen molar-refractivity contribution in [1.29, 1.82) is 0 Å². The molecule has 0 spiro atoms. The van der Waals surface area contributed by atoms with Gasteiger partial charge in [0.2, 0.25) is 5.91 Å². The SMILES string of the molecule is CCC(=O)Nc1ccc(N2C(=S)N[C@@H](c3ccccn3)[C@H]2c2cc(C)n(-c3ccc(N(CC)CC)cc3)c2C)cc1OC. The van der Waals surface area contributed by atoms with E-state index in [1.165, 1.54) is 5.69 Å². The van der Waals surface area contributed by atoms with Gasteiger partial charge in [-0.15, -0.1) is 0 Å². The topological polar surface area (TPSA) is 74.7 Å². The lowest BCUT2D eigenvalue weighted by Crippen LogP contribution is -2.29. The summed E-state index contributed by atoms with van der Waals surface area (Å²) < 4.78 is 8.01. The van der Waals surface area contributed by atoms with Crippen molar-refractivity contribution in [3.05, 3.63) is 95.6 Å². The fourth-order valence-electron chi connectivity index (χ4n) is 6.01. The largest absolute Gasteiger partial charge is 0.494 e. The monoisotopic (exact) mass is 596 g/mol. The molecule has 9 heteroatoms. The number of anilines is 3. The molecule has 43 heavy (non-hydrogen) atoms. The smallest absolute Gasteiger partial charge is 0.224 e. The van der Waals surface area contributed by atoms with Gasteiger partial charge in [-0.2, -0.15) is 0 Å². The molecule has 0 radical (unpaired) electrons. The van der Waals surface area contributed by atoms with Crippen LogP contribution in [0.1, 0.15) is 61.9 Å². The Morgan fingerprint density at radius 2 is 1.74 bits per heavy atom. The van der Waals surface area contributed by atoms with Crippen molar-refractivity contribution >= 4 is 40.3 Å². The summed E-state index contributed by atoms with van der Waals surface area (Å²) in [6.07, 6.45) is 2.20. The van der Waals surface area contributed by atoms with E-state index < -0.39 is 0 Å². The average Bonchev–Trinajstić information content (AvgIpc) is 3.53. The molecule has 2 aromatic carbocycles. The van der Waals surface area contributed by atoms with E-state index in [9.17, 15) is 4.79 Å². The van der Waals surface area contributed by atoms with Crippen molar-refractivity contribution < 1.29 is 9.53 Å². The Morgan fingerprint density at radius 3 is 2.37 bits per heavy atom. The highest BCUT2D eigenvalue weighted by molar-refractivity contribution is 7.80. The minimum absolute atomic E-state index is 0.0740. The van der Waals surface area contributed by atoms with E-state index in [4.69, 9.17) is 21.9 Å². The molecule has 3 heterocycles. The number of hydrogen-bond donors (Lipinski definition) is 2. The van der Waals surface area contributed by atoms with E-state index in [1.54, 1.807) is 7.11 Å². The number of nitrogens with one attached hydrogen (secondary N) is 2. The van der Waals surface area contributed by atoms with Gasteiger partial charge in [-0.25, -0.2) is 0 Å². The molecule has 5 rings (SSSR count). The van der Waals surface area contributed by atoms with Crippen LogP contribution in [0.4, 0.5) is 17.1 Å². The minimum Gasteiger partial charge on any atom is -0.494 e. The maximum atomic E-state index is 12.1. The van der Waals surface area contributed by atoms with Gasteiger partial charge in [0.25, 0.3) is 0 Å². The molecule has 2 atom stereocenters. The zero-order valence-electron chi connectivity index (χ0n) is 25.7. The van der Waals surface area contributed by atoms with Gasteiger partial charge < -0.3 is 29.7 Å². The molecule has 1 amide bonds. The lowest BCUT2D eigenvalue weighted by Gasteiger charge is -2.29. The molecule has 4 aromatic rings. The predicted molar refractivity (Wildman–Crippen MR) is 179 cm³/mol. The summed E-state index contributed by atoms with van der Waals surface area (Å²) >= 11 is 5.98. The third kappa shape index (κ3) is 5.82. The summed E-state index contributed by atoms with van der Waals surface area (Å²) in [5.74, 6) is 0.496. The predicted octanol–water partition coefficient (Wildman–Crippen LogP) is 6.87. The van der Waals surface area contributed by atoms with Gasteiger partial charge in [-0.1, -0.05) is 13.0 Å². The first-order valence-corrected chi connectivity index (χ1v) is 15.2. The number of carbonyl (C=O) groups excluding carboxylic acids is 1. The van der Waals surface area contributed by atoms with Gasteiger partial charge in [-0.05, 0) is 100 Å². The van der Waals surface area contributed by atoms with Gasteiger partial charge in [-0.3, -0.25) is 9.78 Å². The second kappa shape index (κ2) is 12.9. The number of benzene rings is 2. The molecule has 1 fully saturated rings. The highest BCUT2D eigenvalue weighted by Gasteiger charge is 2.42. The third-order valence-corrected chi connectivity index (χ3v) is 8.50. The van der Waals surface area contributed by atoms with Gasteiger partial charge in [0.15, 0.2) is 5.11 Å². The fraction of sp³-hybridized carbons (Fsp3) is 0.324. The van der Waals surface area contributed by atoms with E-state index in [0.717, 1.165) is 47.1 Å². The number of methoxy groups -OCH3 is 1. The van der Waals surface area contributed by atoms with E-state index in [-0.39, 0.29) is 18.0 Å². The molecule has 1 aliphatic rings. The maximum absolute atomic E-state index is 12.1. The Hall–Kier alpha value is -4.37. The molecule has 2 N–H and O–H groups in total. The van der Waals surface area contributed by atoms with Crippen LogP contribution in [-0.4, -0.2) is 40.8 Å². The van der Waals surface area contributed by atoms with Gasteiger partial charge in [0.1, 0.15) is 5.75 Å². The lowest BCUT2D eigenvalue weighted by molar-refractivity contribution is -0.115. The summed E-state index contributed by atoms with van der Waals surface area (Å²) in [6.45, 7) is 12.4. The van der Waals surface area contributed by atoms with Crippen LogP contribution in [0.25, 0.3) is 5.69 Å². The Labute approximate surface area is 259 Å². The minimum atomic E-state index is -0.182. The van der Waals surface area contributed by atoms with E-state index in [1.807, 2.05) is 49.5 Å². The number of rotatable bonds is 10. The number of ether oxygens (including phenoxy) is 1. The highest BCUT2D eigenvalue weighted by Crippen LogP contribution is 2.45. The molecule has 0 bridgehead atoms. The lowest BCUT2D eigenvalue weighted by atomic mass is 9.96. The standard InChI is InChI=1S/C34H40N6O2S/c1-7-31(41)36-28-18-17-26(21-30(28)42-6)40-33(32(37-34(40)43)29-12-10-11-19-35-29)27-20-22(4)39(23(27)5)25-15-13-24(14-16-25)38(8-2)9-3/h10-21,32-33H,7-9H2,1-6H3,(H,36,41)(H,37,43)/t32-,33+/m0/s1. The maximum Gasteiger partial charge on any atom is 0.224 e. The Bertz CT molecular complexity index is 1600. The van der Waals surface area contributed by atoms with Gasteiger partial charge in [0, 0.05) is 60.2 Å². The van der Waals surface area contributed by atoms with Crippen LogP contribution < -0.4 is 25.2 Å². The molecular formula is C34H40N6O2S. The summed E-state index contributed by atoms with van der Waals surface area (Å²) in [7, 11) is 1.61. The third-order valence-electron chi connectivity index (χ3n) is 8.18. The van der Waals surface area contributed by atoms with Crippen LogP contribution >= 0.6 is 12.2 Å². The summed E-state index contributed by atoms with van der Waals surface area (Å²) in [5.41, 5.74) is 8.14. The molecule has 0 unspecified atom stereocenters. The van der Waals surface area contributed by atoms with Crippen molar-refractivity contribution in [2.24, 2.45) is 0 Å². The van der Waals surface area contributed by atoms with Crippen LogP contribution in [0.15, 0.2) is 72.9 Å². The van der Waals surface area contributed by atoms with Crippen LogP contribution in [0.5, 0.6) is 5.75 Å². The Kier molecular flexibility index (Phi) is 9.01. The van der Waals surface area contributed by atoms with E-state index >= 15 is 0 Å². The number of hydrogen-bond acceptors (Lipinski definition) is 5. The number of aromatic nitrogens is 2. The second-order valence-electron chi connectivity index (χ2n) is 10.6. The van der Waals surface area contributed by atoms with Gasteiger partial charge in [0.05, 0.1) is 30.6 Å². The normalized spacial score (nSPS) is 16.2. The van der Waals surface area contributed by atoms with Crippen molar-refractivity contribution in [2.75, 3.05) is 35.3 Å². The van der Waals surface area contributed by atoms with Crippen LogP contribution in [-0.2, 0) is 4.79 Å². The first-order valence-electron chi connectivity index (χ1n) is 14.8. The molecule has 0 saturated carbocycles. The number of aryl methyl sites for hydroxylation is 1. The van der Waals surface area contributed by atoms with Crippen molar-refractivity contribution in [2.45, 2.75) is 53.1 Å². The second-order valence-corrected chi connectivity index (χ2v) is 11.0. The number of nitrogens with zero attached hydrogens (tertiary/aromatic N) is 4. The number of carbonyl (C=O) groups is 1.